The summed E-state index contributed by atoms with van der Waals surface area (Å²) in [5, 5.41) is 18.8. The summed E-state index contributed by atoms with van der Waals surface area (Å²) in [5.74, 6) is 0.540. The largest absolute Gasteiger partial charge is 0.493 e. The first kappa shape index (κ1) is 23.5. The van der Waals surface area contributed by atoms with Crippen molar-refractivity contribution in [2.75, 3.05) is 27.4 Å². The van der Waals surface area contributed by atoms with Crippen LogP contribution >= 0.6 is 0 Å². The number of benzene rings is 1. The number of hydrogen-bond donors (Lipinski definition) is 1. The Labute approximate surface area is 185 Å². The van der Waals surface area contributed by atoms with Crippen LogP contribution in [0.2, 0.25) is 0 Å². The van der Waals surface area contributed by atoms with E-state index in [-0.39, 0.29) is 29.4 Å². The molecule has 0 radical (unpaired) electrons. The average Bonchev–Trinajstić information content (AvgIpc) is 3.08. The van der Waals surface area contributed by atoms with E-state index >= 15 is 0 Å². The number of aryl methyl sites for hydroxylation is 1. The first-order valence-corrected chi connectivity index (χ1v) is 10.5. The Morgan fingerprint density at radius 3 is 2.47 bits per heavy atom. The number of aromatic nitrogens is 2. The van der Waals surface area contributed by atoms with Gasteiger partial charge in [0, 0.05) is 20.1 Å². The molecule has 11 nitrogen and oxygen atoms in total. The Kier molecular flexibility index (Phi) is 7.62. The zero-order valence-electron chi connectivity index (χ0n) is 18.5. The number of hydrogen-bond acceptors (Lipinski definition) is 9. The summed E-state index contributed by atoms with van der Waals surface area (Å²) in [7, 11) is 2.92. The van der Waals surface area contributed by atoms with Crippen LogP contribution in [-0.2, 0) is 10.3 Å². The number of carbonyl (C=O) groups excluding carboxylic acids is 1. The molecule has 1 aromatic heterocycles. The maximum atomic E-state index is 13.4. The average molecular weight is 448 g/mol. The van der Waals surface area contributed by atoms with Crippen molar-refractivity contribution in [2.24, 2.45) is 0 Å². The van der Waals surface area contributed by atoms with E-state index in [1.807, 2.05) is 0 Å². The fraction of sp³-hybridized carbons (Fsp3) is 0.571. The Morgan fingerprint density at radius 1 is 1.19 bits per heavy atom. The van der Waals surface area contributed by atoms with Crippen molar-refractivity contribution in [2.45, 2.75) is 51.0 Å². The van der Waals surface area contributed by atoms with Gasteiger partial charge in [-0.05, 0) is 12.8 Å². The molecule has 1 fully saturated rings. The second-order valence-electron chi connectivity index (χ2n) is 7.71. The van der Waals surface area contributed by atoms with Crippen molar-refractivity contribution >= 4 is 11.6 Å². The van der Waals surface area contributed by atoms with Crippen LogP contribution in [0.15, 0.2) is 16.7 Å². The lowest BCUT2D eigenvalue weighted by molar-refractivity contribution is -0.385. The lowest BCUT2D eigenvalue weighted by Crippen LogP contribution is -2.46. The van der Waals surface area contributed by atoms with E-state index in [4.69, 9.17) is 18.7 Å². The van der Waals surface area contributed by atoms with Gasteiger partial charge in [0.1, 0.15) is 17.7 Å². The molecule has 1 aliphatic rings. The van der Waals surface area contributed by atoms with E-state index in [9.17, 15) is 14.9 Å². The van der Waals surface area contributed by atoms with E-state index in [1.54, 1.807) is 6.92 Å². The van der Waals surface area contributed by atoms with Gasteiger partial charge in [-0.15, -0.1) is 0 Å². The van der Waals surface area contributed by atoms with Gasteiger partial charge in [0.2, 0.25) is 5.89 Å². The first-order chi connectivity index (χ1) is 15.4. The number of rotatable bonds is 9. The molecule has 174 valence electrons. The quantitative estimate of drug-likeness (QED) is 0.265. The van der Waals surface area contributed by atoms with E-state index in [1.165, 1.54) is 26.4 Å². The molecule has 11 heteroatoms. The third-order valence-corrected chi connectivity index (χ3v) is 5.53. The molecule has 0 saturated heterocycles. The van der Waals surface area contributed by atoms with Crippen molar-refractivity contribution in [3.8, 4) is 11.5 Å². The van der Waals surface area contributed by atoms with Crippen LogP contribution in [0.4, 0.5) is 5.69 Å². The Hall–Kier alpha value is -3.21. The number of nitro groups is 1. The molecule has 1 aromatic carbocycles. The highest BCUT2D eigenvalue weighted by Gasteiger charge is 2.40. The summed E-state index contributed by atoms with van der Waals surface area (Å²) in [4.78, 5) is 28.9. The van der Waals surface area contributed by atoms with Crippen molar-refractivity contribution in [3.63, 3.8) is 0 Å². The van der Waals surface area contributed by atoms with Gasteiger partial charge in [0.25, 0.3) is 11.6 Å². The van der Waals surface area contributed by atoms with Gasteiger partial charge in [0.15, 0.2) is 17.3 Å². The summed E-state index contributed by atoms with van der Waals surface area (Å²) in [5.41, 5.74) is -1.38. The van der Waals surface area contributed by atoms with Gasteiger partial charge >= 0.3 is 0 Å². The smallest absolute Gasteiger partial charge is 0.286 e. The molecule has 0 spiro atoms. The molecule has 0 unspecified atom stereocenters. The number of nitro benzene ring substituents is 1. The minimum Gasteiger partial charge on any atom is -0.493 e. The molecule has 3 rings (SSSR count). The van der Waals surface area contributed by atoms with Crippen LogP contribution in [0, 0.1) is 17.0 Å². The van der Waals surface area contributed by atoms with Crippen LogP contribution in [0.5, 0.6) is 11.5 Å². The number of nitrogens with one attached hydrogen (secondary N) is 1. The maximum absolute atomic E-state index is 13.4. The molecular weight excluding hydrogens is 420 g/mol. The van der Waals surface area contributed by atoms with Crippen molar-refractivity contribution in [3.05, 3.63) is 39.5 Å². The molecule has 1 amide bonds. The van der Waals surface area contributed by atoms with Crippen LogP contribution < -0.4 is 14.8 Å². The molecule has 1 N–H and O–H groups in total. The number of methoxy groups -OCH3 is 2. The molecule has 2 aromatic rings. The van der Waals surface area contributed by atoms with Crippen LogP contribution in [0.3, 0.4) is 0 Å². The number of amides is 1. The zero-order valence-corrected chi connectivity index (χ0v) is 18.5. The highest BCUT2D eigenvalue weighted by atomic mass is 16.6. The predicted molar refractivity (Wildman–Crippen MR) is 113 cm³/mol. The van der Waals surface area contributed by atoms with E-state index in [0.717, 1.165) is 25.7 Å². The predicted octanol–water partition coefficient (Wildman–Crippen LogP) is 3.30. The first-order valence-electron chi connectivity index (χ1n) is 10.5. The lowest BCUT2D eigenvalue weighted by Gasteiger charge is -2.30. The summed E-state index contributed by atoms with van der Waals surface area (Å²) < 4.78 is 21.0. The van der Waals surface area contributed by atoms with Crippen LogP contribution in [0.1, 0.15) is 60.6 Å². The molecule has 0 atom stereocenters. The summed E-state index contributed by atoms with van der Waals surface area (Å²) in [6.07, 6.45) is 5.00. The van der Waals surface area contributed by atoms with E-state index < -0.39 is 16.4 Å². The number of nitrogens with zero attached hydrogens (tertiary/aromatic N) is 3. The monoisotopic (exact) mass is 448 g/mol. The van der Waals surface area contributed by atoms with Gasteiger partial charge in [0.05, 0.1) is 24.7 Å². The summed E-state index contributed by atoms with van der Waals surface area (Å²) in [6.45, 7) is 2.16. The van der Waals surface area contributed by atoms with Crippen LogP contribution in [-0.4, -0.2) is 48.4 Å². The second kappa shape index (κ2) is 10.4. The molecule has 0 aliphatic heterocycles. The van der Waals surface area contributed by atoms with Gasteiger partial charge in [-0.25, -0.2) is 0 Å². The minimum atomic E-state index is -0.861. The fourth-order valence-corrected chi connectivity index (χ4v) is 3.90. The van der Waals surface area contributed by atoms with Gasteiger partial charge < -0.3 is 24.1 Å². The van der Waals surface area contributed by atoms with Crippen LogP contribution in [0.25, 0.3) is 0 Å². The number of carbonyl (C=O) groups is 1. The Morgan fingerprint density at radius 2 is 1.91 bits per heavy atom. The third kappa shape index (κ3) is 5.16. The Balaban J connectivity index is 1.97. The molecular formula is C21H28N4O7. The molecule has 1 heterocycles. The minimum absolute atomic E-state index is 0.130. The zero-order chi connectivity index (χ0) is 23.1. The second-order valence-corrected chi connectivity index (χ2v) is 7.71. The van der Waals surface area contributed by atoms with Gasteiger partial charge in [-0.1, -0.05) is 30.8 Å². The molecule has 0 bridgehead atoms. The summed E-state index contributed by atoms with van der Waals surface area (Å²) in [6, 6.07) is 2.52. The molecule has 1 saturated carbocycles. The van der Waals surface area contributed by atoms with E-state index in [2.05, 4.69) is 15.5 Å². The standard InChI is InChI=1S/C21H28N4O7/c1-14-22-20(24-32-14)21(8-6-4-5-7-9-21)23-19(26)15-12-17(30-3)18(31-11-10-29-2)13-16(15)25(27)28/h12-13H,4-11H2,1-3H3,(H,23,26). The topological polar surface area (TPSA) is 139 Å². The van der Waals surface area contributed by atoms with Crippen molar-refractivity contribution in [1.82, 2.24) is 15.5 Å². The highest BCUT2D eigenvalue weighted by molar-refractivity contribution is 5.99. The lowest BCUT2D eigenvalue weighted by atomic mass is 9.88. The molecule has 1 aliphatic carbocycles. The van der Waals surface area contributed by atoms with Gasteiger partial charge in [-0.3, -0.25) is 14.9 Å². The fourth-order valence-electron chi connectivity index (χ4n) is 3.90. The summed E-state index contributed by atoms with van der Waals surface area (Å²) >= 11 is 0. The normalized spacial score (nSPS) is 15.6. The van der Waals surface area contributed by atoms with Crippen molar-refractivity contribution < 1.29 is 28.5 Å². The van der Waals surface area contributed by atoms with Crippen molar-refractivity contribution in [1.29, 1.82) is 0 Å². The molecule has 32 heavy (non-hydrogen) atoms. The SMILES string of the molecule is COCCOc1cc([N+](=O)[O-])c(C(=O)NC2(c3noc(C)n3)CCCCCC2)cc1OC. The third-order valence-electron chi connectivity index (χ3n) is 5.53. The van der Waals surface area contributed by atoms with E-state index in [0.29, 0.717) is 31.2 Å². The van der Waals surface area contributed by atoms with Gasteiger partial charge in [-0.2, -0.15) is 4.98 Å². The Bertz CT molecular complexity index is 952. The highest BCUT2D eigenvalue weighted by Crippen LogP contribution is 2.38. The number of ether oxygens (including phenoxy) is 3. The maximum Gasteiger partial charge on any atom is 0.286 e.